The summed E-state index contributed by atoms with van der Waals surface area (Å²) in [6.07, 6.45) is 2.07. The van der Waals surface area contributed by atoms with Crippen molar-refractivity contribution in [2.24, 2.45) is 10.4 Å². The standard InChI is InChI=1S/C26H29FN4O5/c1-23(2,3)36-22(33)30-21-31-26(14-34-21)17-12-16(29-20(32)18-8-6-15(27)13-28-18)7-9-19(17)35-24(4,5)25(26)10-11-25/h6-9,12-13H,10-11,14H2,1-5H3,(H,29,32)(H,30,31,33)/t26-/m0/s1. The minimum absolute atomic E-state index is 0.0872. The van der Waals surface area contributed by atoms with Crippen LogP contribution in [0.1, 0.15) is 63.5 Å². The number of amides is 2. The summed E-state index contributed by atoms with van der Waals surface area (Å²) in [7, 11) is 0. The van der Waals surface area contributed by atoms with Gasteiger partial charge in [-0.25, -0.2) is 24.5 Å². The van der Waals surface area contributed by atoms with Crippen LogP contribution < -0.4 is 15.4 Å². The quantitative estimate of drug-likeness (QED) is 0.632. The molecule has 2 aliphatic heterocycles. The van der Waals surface area contributed by atoms with E-state index in [0.29, 0.717) is 11.4 Å². The van der Waals surface area contributed by atoms with Crippen molar-refractivity contribution in [3.8, 4) is 5.75 Å². The highest BCUT2D eigenvalue weighted by molar-refractivity contribution is 6.03. The van der Waals surface area contributed by atoms with Crippen molar-refractivity contribution in [2.45, 2.75) is 64.2 Å². The lowest BCUT2D eigenvalue weighted by Crippen LogP contribution is -2.55. The molecule has 1 aromatic heterocycles. The maximum Gasteiger partial charge on any atom is 0.415 e. The number of alkyl carbamates (subject to hydrolysis) is 1. The maximum atomic E-state index is 13.2. The Kier molecular flexibility index (Phi) is 5.28. The number of nitrogens with one attached hydrogen (secondary N) is 2. The monoisotopic (exact) mass is 496 g/mol. The first kappa shape index (κ1) is 24.0. The second-order valence-corrected chi connectivity index (χ2v) is 10.9. The third-order valence-corrected chi connectivity index (χ3v) is 7.02. The van der Waals surface area contributed by atoms with E-state index in [1.165, 1.54) is 12.1 Å². The Morgan fingerprint density at radius 3 is 2.50 bits per heavy atom. The van der Waals surface area contributed by atoms with Crippen molar-refractivity contribution in [1.29, 1.82) is 0 Å². The highest BCUT2D eigenvalue weighted by Crippen LogP contribution is 2.71. The number of pyridine rings is 1. The van der Waals surface area contributed by atoms with Crippen molar-refractivity contribution in [2.75, 3.05) is 11.9 Å². The van der Waals surface area contributed by atoms with Gasteiger partial charge in [0.15, 0.2) is 0 Å². The number of aromatic nitrogens is 1. The largest absolute Gasteiger partial charge is 0.487 e. The molecular weight excluding hydrogens is 467 g/mol. The minimum Gasteiger partial charge on any atom is -0.487 e. The third kappa shape index (κ3) is 3.94. The number of hydrogen-bond donors (Lipinski definition) is 2. The lowest BCUT2D eigenvalue weighted by atomic mass is 9.66. The molecule has 0 bridgehead atoms. The molecule has 1 atom stereocenters. The number of benzene rings is 1. The molecule has 9 nitrogen and oxygen atoms in total. The molecule has 2 amide bonds. The summed E-state index contributed by atoms with van der Waals surface area (Å²) >= 11 is 0. The van der Waals surface area contributed by atoms with Gasteiger partial charge in [-0.3, -0.25) is 4.79 Å². The molecule has 3 aliphatic rings. The zero-order valence-electron chi connectivity index (χ0n) is 20.9. The van der Waals surface area contributed by atoms with E-state index >= 15 is 0 Å². The van der Waals surface area contributed by atoms with Crippen LogP contribution in [0, 0.1) is 11.2 Å². The number of amidine groups is 1. The van der Waals surface area contributed by atoms with E-state index in [-0.39, 0.29) is 23.7 Å². The van der Waals surface area contributed by atoms with Crippen molar-refractivity contribution < 1.29 is 28.2 Å². The van der Waals surface area contributed by atoms with E-state index in [2.05, 4.69) is 15.6 Å². The molecule has 2 spiro atoms. The number of hydrogen-bond acceptors (Lipinski definition) is 7. The van der Waals surface area contributed by atoms with Crippen molar-refractivity contribution >= 4 is 23.7 Å². The highest BCUT2D eigenvalue weighted by atomic mass is 19.1. The summed E-state index contributed by atoms with van der Waals surface area (Å²) in [6.45, 7) is 9.61. The molecule has 2 N–H and O–H groups in total. The van der Waals surface area contributed by atoms with Crippen LogP contribution in [0.25, 0.3) is 0 Å². The van der Waals surface area contributed by atoms with Gasteiger partial charge in [-0.2, -0.15) is 0 Å². The van der Waals surface area contributed by atoms with Crippen LogP contribution in [-0.4, -0.2) is 40.8 Å². The lowest BCUT2D eigenvalue weighted by molar-refractivity contribution is -0.0478. The first-order valence-corrected chi connectivity index (χ1v) is 11.8. The van der Waals surface area contributed by atoms with Crippen LogP contribution in [-0.2, 0) is 15.0 Å². The number of anilines is 1. The van der Waals surface area contributed by atoms with E-state index in [1.54, 1.807) is 32.9 Å². The van der Waals surface area contributed by atoms with Gasteiger partial charge < -0.3 is 19.5 Å². The fraction of sp³-hybridized carbons (Fsp3) is 0.462. The Morgan fingerprint density at radius 1 is 1.11 bits per heavy atom. The van der Waals surface area contributed by atoms with Crippen molar-refractivity contribution in [3.63, 3.8) is 0 Å². The van der Waals surface area contributed by atoms with Gasteiger partial charge in [0.25, 0.3) is 11.9 Å². The van der Waals surface area contributed by atoms with Gasteiger partial charge in [0.2, 0.25) is 0 Å². The fourth-order valence-corrected chi connectivity index (χ4v) is 5.24. The highest BCUT2D eigenvalue weighted by Gasteiger charge is 2.73. The van der Waals surface area contributed by atoms with E-state index in [1.807, 2.05) is 19.9 Å². The van der Waals surface area contributed by atoms with Crippen LogP contribution in [0.3, 0.4) is 0 Å². The molecule has 3 heterocycles. The van der Waals surface area contributed by atoms with Gasteiger partial charge in [0.1, 0.15) is 40.6 Å². The molecule has 0 radical (unpaired) electrons. The van der Waals surface area contributed by atoms with Gasteiger partial charge in [-0.15, -0.1) is 0 Å². The summed E-state index contributed by atoms with van der Waals surface area (Å²) in [5.74, 6) is -0.367. The Labute approximate surface area is 208 Å². The molecule has 1 fully saturated rings. The predicted molar refractivity (Wildman–Crippen MR) is 129 cm³/mol. The number of nitrogens with zero attached hydrogens (tertiary/aromatic N) is 2. The number of carbonyl (C=O) groups is 2. The third-order valence-electron chi connectivity index (χ3n) is 7.02. The molecule has 2 aromatic rings. The SMILES string of the molecule is CC(C)(C)OC(=O)NC1=N[C@@]2(CO1)c1cc(NC(=O)c3ccc(F)cn3)ccc1OC(C)(C)C21CC1. The molecule has 36 heavy (non-hydrogen) atoms. The zero-order chi connectivity index (χ0) is 25.9. The molecule has 1 aromatic carbocycles. The van der Waals surface area contributed by atoms with E-state index in [0.717, 1.165) is 24.6 Å². The molecular formula is C26H29FN4O5. The number of fused-ring (bicyclic) bond motifs is 3. The van der Waals surface area contributed by atoms with Gasteiger partial charge in [-0.1, -0.05) is 0 Å². The topological polar surface area (TPSA) is 111 Å². The number of halogens is 1. The molecule has 0 saturated heterocycles. The normalized spacial score (nSPS) is 22.7. The molecule has 5 rings (SSSR count). The maximum absolute atomic E-state index is 13.2. The Hall–Kier alpha value is -3.69. The van der Waals surface area contributed by atoms with Gasteiger partial charge in [0.05, 0.1) is 6.20 Å². The number of ether oxygens (including phenoxy) is 3. The smallest absolute Gasteiger partial charge is 0.415 e. The Morgan fingerprint density at radius 2 is 1.86 bits per heavy atom. The van der Waals surface area contributed by atoms with Crippen LogP contribution in [0.5, 0.6) is 5.75 Å². The Balaban J connectivity index is 1.50. The number of rotatable bonds is 2. The molecule has 1 aliphatic carbocycles. The van der Waals surface area contributed by atoms with Gasteiger partial charge in [0, 0.05) is 16.7 Å². The van der Waals surface area contributed by atoms with Crippen LogP contribution in [0.4, 0.5) is 14.9 Å². The van der Waals surface area contributed by atoms with Crippen LogP contribution in [0.15, 0.2) is 41.5 Å². The zero-order valence-corrected chi connectivity index (χ0v) is 20.9. The van der Waals surface area contributed by atoms with Crippen molar-refractivity contribution in [3.05, 3.63) is 53.6 Å². The summed E-state index contributed by atoms with van der Waals surface area (Å²) < 4.78 is 30.9. The lowest BCUT2D eigenvalue weighted by Gasteiger charge is -2.49. The summed E-state index contributed by atoms with van der Waals surface area (Å²) in [4.78, 5) is 33.8. The summed E-state index contributed by atoms with van der Waals surface area (Å²) in [5.41, 5.74) is -1.05. The Bertz CT molecular complexity index is 1260. The number of aliphatic imine (C=N–C) groups is 1. The average Bonchev–Trinajstić information content (AvgIpc) is 3.50. The fourth-order valence-electron chi connectivity index (χ4n) is 5.24. The molecule has 0 unspecified atom stereocenters. The molecule has 1 saturated carbocycles. The summed E-state index contributed by atoms with van der Waals surface area (Å²) in [5, 5.41) is 5.43. The summed E-state index contributed by atoms with van der Waals surface area (Å²) in [6, 6.07) is 7.92. The van der Waals surface area contributed by atoms with Crippen molar-refractivity contribution in [1.82, 2.24) is 10.3 Å². The van der Waals surface area contributed by atoms with Gasteiger partial charge in [-0.05, 0) is 77.8 Å². The van der Waals surface area contributed by atoms with E-state index in [9.17, 15) is 14.0 Å². The van der Waals surface area contributed by atoms with E-state index < -0.39 is 34.6 Å². The second kappa shape index (κ2) is 7.91. The van der Waals surface area contributed by atoms with Crippen LogP contribution >= 0.6 is 0 Å². The average molecular weight is 497 g/mol. The molecule has 10 heteroatoms. The second-order valence-electron chi connectivity index (χ2n) is 10.9. The predicted octanol–water partition coefficient (Wildman–Crippen LogP) is 4.53. The van der Waals surface area contributed by atoms with Gasteiger partial charge >= 0.3 is 6.09 Å². The minimum atomic E-state index is -0.830. The molecule has 190 valence electrons. The first-order valence-electron chi connectivity index (χ1n) is 11.8. The number of carbonyl (C=O) groups excluding carboxylic acids is 2. The van der Waals surface area contributed by atoms with E-state index in [4.69, 9.17) is 19.2 Å². The van der Waals surface area contributed by atoms with Crippen LogP contribution in [0.2, 0.25) is 0 Å². The first-order chi connectivity index (χ1) is 16.8.